The van der Waals surface area contributed by atoms with E-state index < -0.39 is 0 Å². The first kappa shape index (κ1) is 18.4. The smallest absolute Gasteiger partial charge is 0.234 e. The third-order valence-electron chi connectivity index (χ3n) is 5.61. The standard InChI is InChI=1S/C20H32N4O/c1-20(15-21)8-11-24(16-20)14-19(25)22-12-17-4-6-18(7-5-17)13-23-9-2-3-10-23/h4-7H,2-3,8-16,21H2,1H3,(H,22,25). The molecule has 0 aromatic heterocycles. The Morgan fingerprint density at radius 3 is 2.44 bits per heavy atom. The second-order valence-electron chi connectivity index (χ2n) is 8.05. The zero-order valence-electron chi connectivity index (χ0n) is 15.5. The van der Waals surface area contributed by atoms with Crippen molar-refractivity contribution in [3.63, 3.8) is 0 Å². The van der Waals surface area contributed by atoms with Gasteiger partial charge in [-0.1, -0.05) is 31.2 Å². The molecule has 25 heavy (non-hydrogen) atoms. The minimum atomic E-state index is 0.0995. The van der Waals surface area contributed by atoms with E-state index in [-0.39, 0.29) is 11.3 Å². The Kier molecular flexibility index (Phi) is 6.10. The van der Waals surface area contributed by atoms with E-state index in [2.05, 4.69) is 46.3 Å². The molecule has 2 saturated heterocycles. The van der Waals surface area contributed by atoms with E-state index in [4.69, 9.17) is 5.73 Å². The average Bonchev–Trinajstić information content (AvgIpc) is 3.25. The van der Waals surface area contributed by atoms with Gasteiger partial charge in [0, 0.05) is 19.6 Å². The number of benzene rings is 1. The maximum Gasteiger partial charge on any atom is 0.234 e. The predicted octanol–water partition coefficient (Wildman–Crippen LogP) is 1.57. The van der Waals surface area contributed by atoms with Crippen LogP contribution in [0.1, 0.15) is 37.3 Å². The van der Waals surface area contributed by atoms with E-state index in [1.165, 1.54) is 31.5 Å². The van der Waals surface area contributed by atoms with Crippen LogP contribution in [-0.4, -0.2) is 55.0 Å². The predicted molar refractivity (Wildman–Crippen MR) is 101 cm³/mol. The summed E-state index contributed by atoms with van der Waals surface area (Å²) >= 11 is 0. The molecule has 3 rings (SSSR count). The van der Waals surface area contributed by atoms with Crippen molar-refractivity contribution in [2.24, 2.45) is 11.1 Å². The summed E-state index contributed by atoms with van der Waals surface area (Å²) < 4.78 is 0. The SMILES string of the molecule is CC1(CN)CCN(CC(=O)NCc2ccc(CN3CCCC3)cc2)C1. The zero-order valence-corrected chi connectivity index (χ0v) is 15.5. The number of carbonyl (C=O) groups is 1. The number of nitrogens with one attached hydrogen (secondary N) is 1. The highest BCUT2D eigenvalue weighted by molar-refractivity contribution is 5.78. The highest BCUT2D eigenvalue weighted by atomic mass is 16.2. The fourth-order valence-electron chi connectivity index (χ4n) is 3.85. The van der Waals surface area contributed by atoms with Crippen molar-refractivity contribution < 1.29 is 4.79 Å². The molecule has 2 heterocycles. The van der Waals surface area contributed by atoms with Crippen molar-refractivity contribution in [3.8, 4) is 0 Å². The van der Waals surface area contributed by atoms with E-state index in [9.17, 15) is 4.79 Å². The van der Waals surface area contributed by atoms with Gasteiger partial charge < -0.3 is 11.1 Å². The highest BCUT2D eigenvalue weighted by Gasteiger charge is 2.32. The van der Waals surface area contributed by atoms with Crippen LogP contribution in [0.5, 0.6) is 0 Å². The van der Waals surface area contributed by atoms with Crippen molar-refractivity contribution in [1.82, 2.24) is 15.1 Å². The summed E-state index contributed by atoms with van der Waals surface area (Å²) in [5.74, 6) is 0.0995. The third-order valence-corrected chi connectivity index (χ3v) is 5.61. The molecule has 5 heteroatoms. The van der Waals surface area contributed by atoms with E-state index >= 15 is 0 Å². The normalized spacial score (nSPS) is 24.7. The van der Waals surface area contributed by atoms with Gasteiger partial charge in [-0.25, -0.2) is 0 Å². The molecule has 1 amide bonds. The van der Waals surface area contributed by atoms with Gasteiger partial charge in [0.05, 0.1) is 6.54 Å². The molecule has 0 bridgehead atoms. The molecule has 0 saturated carbocycles. The first-order valence-electron chi connectivity index (χ1n) is 9.56. The maximum absolute atomic E-state index is 12.2. The topological polar surface area (TPSA) is 61.6 Å². The van der Waals surface area contributed by atoms with Crippen LogP contribution in [-0.2, 0) is 17.9 Å². The number of hydrogen-bond acceptors (Lipinski definition) is 4. The molecule has 138 valence electrons. The lowest BCUT2D eigenvalue weighted by Crippen LogP contribution is -2.38. The van der Waals surface area contributed by atoms with Gasteiger partial charge in [-0.15, -0.1) is 0 Å². The van der Waals surface area contributed by atoms with Crippen molar-refractivity contribution in [3.05, 3.63) is 35.4 Å². The van der Waals surface area contributed by atoms with Crippen molar-refractivity contribution in [2.75, 3.05) is 39.3 Å². The summed E-state index contributed by atoms with van der Waals surface area (Å²) in [4.78, 5) is 16.9. The molecule has 0 spiro atoms. The monoisotopic (exact) mass is 344 g/mol. The van der Waals surface area contributed by atoms with Gasteiger partial charge in [0.15, 0.2) is 0 Å². The lowest BCUT2D eigenvalue weighted by Gasteiger charge is -2.22. The number of nitrogens with zero attached hydrogens (tertiary/aromatic N) is 2. The van der Waals surface area contributed by atoms with Crippen LogP contribution in [0.3, 0.4) is 0 Å². The molecule has 1 unspecified atom stereocenters. The van der Waals surface area contributed by atoms with Crippen LogP contribution < -0.4 is 11.1 Å². The van der Waals surface area contributed by atoms with Gasteiger partial charge in [-0.05, 0) is 62.0 Å². The first-order valence-corrected chi connectivity index (χ1v) is 9.56. The van der Waals surface area contributed by atoms with Crippen LogP contribution in [0.4, 0.5) is 0 Å². The molecule has 0 aliphatic carbocycles. The van der Waals surface area contributed by atoms with Crippen molar-refractivity contribution in [1.29, 1.82) is 0 Å². The molecular weight excluding hydrogens is 312 g/mol. The van der Waals surface area contributed by atoms with Gasteiger partial charge in [0.1, 0.15) is 0 Å². The number of amides is 1. The molecule has 2 aliphatic rings. The van der Waals surface area contributed by atoms with Gasteiger partial charge >= 0.3 is 0 Å². The van der Waals surface area contributed by atoms with Gasteiger partial charge in [-0.3, -0.25) is 14.6 Å². The molecule has 5 nitrogen and oxygen atoms in total. The Morgan fingerprint density at radius 2 is 1.80 bits per heavy atom. The fourth-order valence-corrected chi connectivity index (χ4v) is 3.85. The largest absolute Gasteiger partial charge is 0.351 e. The lowest BCUT2D eigenvalue weighted by atomic mass is 9.90. The van der Waals surface area contributed by atoms with Crippen molar-refractivity contribution >= 4 is 5.91 Å². The second kappa shape index (κ2) is 8.30. The average molecular weight is 345 g/mol. The fraction of sp³-hybridized carbons (Fsp3) is 0.650. The molecule has 3 N–H and O–H groups in total. The van der Waals surface area contributed by atoms with Gasteiger partial charge in [0.25, 0.3) is 0 Å². The molecule has 2 fully saturated rings. The summed E-state index contributed by atoms with van der Waals surface area (Å²) in [5, 5.41) is 3.04. The Morgan fingerprint density at radius 1 is 1.12 bits per heavy atom. The Labute approximate surface area is 151 Å². The maximum atomic E-state index is 12.2. The second-order valence-corrected chi connectivity index (χ2v) is 8.05. The molecule has 2 aliphatic heterocycles. The number of likely N-dealkylation sites (tertiary alicyclic amines) is 2. The van der Waals surface area contributed by atoms with E-state index in [0.717, 1.165) is 31.6 Å². The molecular formula is C20H32N4O. The summed E-state index contributed by atoms with van der Waals surface area (Å²) in [6.07, 6.45) is 3.73. The summed E-state index contributed by atoms with van der Waals surface area (Å²) in [6.45, 7) is 9.34. The number of carbonyl (C=O) groups excluding carboxylic acids is 1. The Bertz CT molecular complexity index is 568. The van der Waals surface area contributed by atoms with Gasteiger partial charge in [0.2, 0.25) is 5.91 Å². The van der Waals surface area contributed by atoms with E-state index in [1.54, 1.807) is 0 Å². The van der Waals surface area contributed by atoms with Crippen LogP contribution >= 0.6 is 0 Å². The minimum absolute atomic E-state index is 0.0995. The van der Waals surface area contributed by atoms with E-state index in [1.807, 2.05) is 0 Å². The highest BCUT2D eigenvalue weighted by Crippen LogP contribution is 2.27. The van der Waals surface area contributed by atoms with Crippen LogP contribution in [0.2, 0.25) is 0 Å². The molecule has 1 aromatic rings. The molecule has 1 aromatic carbocycles. The Hall–Kier alpha value is -1.43. The number of hydrogen-bond donors (Lipinski definition) is 2. The third kappa shape index (κ3) is 5.27. The molecule has 0 radical (unpaired) electrons. The quantitative estimate of drug-likeness (QED) is 0.788. The number of nitrogens with two attached hydrogens (primary N) is 1. The summed E-state index contributed by atoms with van der Waals surface area (Å²) in [6, 6.07) is 8.64. The first-order chi connectivity index (χ1) is 12.1. The van der Waals surface area contributed by atoms with Gasteiger partial charge in [-0.2, -0.15) is 0 Å². The van der Waals surface area contributed by atoms with E-state index in [0.29, 0.717) is 19.6 Å². The lowest BCUT2D eigenvalue weighted by molar-refractivity contribution is -0.122. The summed E-state index contributed by atoms with van der Waals surface area (Å²) in [7, 11) is 0. The Balaban J connectivity index is 1.40. The molecule has 1 atom stereocenters. The van der Waals surface area contributed by atoms with Crippen LogP contribution in [0, 0.1) is 5.41 Å². The minimum Gasteiger partial charge on any atom is -0.351 e. The van der Waals surface area contributed by atoms with Crippen LogP contribution in [0.15, 0.2) is 24.3 Å². The number of rotatable bonds is 7. The zero-order chi connectivity index (χ0) is 17.7. The van der Waals surface area contributed by atoms with Crippen LogP contribution in [0.25, 0.3) is 0 Å². The summed E-state index contributed by atoms with van der Waals surface area (Å²) in [5.41, 5.74) is 8.52. The van der Waals surface area contributed by atoms with Crippen molar-refractivity contribution in [2.45, 2.75) is 39.3 Å².